The molecule has 2 aromatic heterocycles. The van der Waals surface area contributed by atoms with Crippen LogP contribution in [0.5, 0.6) is 0 Å². The highest BCUT2D eigenvalue weighted by atomic mass is 19.3. The molecule has 2 aromatic rings. The third kappa shape index (κ3) is 2.83. The average Bonchev–Trinajstić information content (AvgIpc) is 2.97. The van der Waals surface area contributed by atoms with Crippen molar-refractivity contribution in [3.8, 4) is 0 Å². The fourth-order valence-electron chi connectivity index (χ4n) is 2.88. The van der Waals surface area contributed by atoms with Crippen LogP contribution in [0.4, 0.5) is 20.4 Å². The molecular formula is C16H19F2N5O. The summed E-state index contributed by atoms with van der Waals surface area (Å²) in [4.78, 5) is 19.3. The first-order valence-electron chi connectivity index (χ1n) is 7.68. The number of pyridine rings is 1. The van der Waals surface area contributed by atoms with E-state index in [9.17, 15) is 13.6 Å². The van der Waals surface area contributed by atoms with Crippen LogP contribution in [0.2, 0.25) is 0 Å². The number of amides is 1. The number of carbonyl (C=O) groups excluding carboxylic acids is 1. The maximum Gasteiger partial charge on any atom is 0.264 e. The second-order valence-electron chi connectivity index (χ2n) is 5.95. The number of aromatic nitrogens is 3. The number of nitrogens with zero attached hydrogens (tertiary/aromatic N) is 4. The van der Waals surface area contributed by atoms with Gasteiger partial charge in [0.05, 0.1) is 6.54 Å². The Morgan fingerprint density at radius 3 is 2.88 bits per heavy atom. The standard InChI is InChI=1S/C16H19F2N5O/c1-9-7-19-14(6-11(9)15(17)18)22(3)16-12-8-23(10(2)24)5-4-13(12)20-21-16/h6-7,15H,4-5,8H2,1-3H3,(H,20,21). The number of aromatic amines is 1. The van der Waals surface area contributed by atoms with Crippen molar-refractivity contribution < 1.29 is 13.6 Å². The number of fused-ring (bicyclic) bond motifs is 1. The van der Waals surface area contributed by atoms with Crippen molar-refractivity contribution in [3.63, 3.8) is 0 Å². The van der Waals surface area contributed by atoms with E-state index in [0.717, 1.165) is 11.3 Å². The van der Waals surface area contributed by atoms with Gasteiger partial charge < -0.3 is 9.80 Å². The van der Waals surface area contributed by atoms with Gasteiger partial charge in [0.15, 0.2) is 5.82 Å². The Hall–Kier alpha value is -2.51. The molecule has 0 atom stereocenters. The molecule has 0 unspecified atom stereocenters. The van der Waals surface area contributed by atoms with E-state index in [1.54, 1.807) is 23.8 Å². The lowest BCUT2D eigenvalue weighted by atomic mass is 10.1. The average molecular weight is 335 g/mol. The summed E-state index contributed by atoms with van der Waals surface area (Å²) in [6.45, 7) is 4.24. The van der Waals surface area contributed by atoms with Crippen LogP contribution in [0, 0.1) is 6.92 Å². The normalized spacial score (nSPS) is 14.0. The Balaban J connectivity index is 1.95. The van der Waals surface area contributed by atoms with E-state index >= 15 is 0 Å². The molecule has 0 bridgehead atoms. The van der Waals surface area contributed by atoms with E-state index in [1.165, 1.54) is 19.2 Å². The largest absolute Gasteiger partial charge is 0.338 e. The number of H-pyrrole nitrogens is 1. The lowest BCUT2D eigenvalue weighted by molar-refractivity contribution is -0.129. The van der Waals surface area contributed by atoms with Gasteiger partial charge in [-0.1, -0.05) is 0 Å². The molecule has 8 heteroatoms. The fraction of sp³-hybridized carbons (Fsp3) is 0.438. The van der Waals surface area contributed by atoms with Crippen molar-refractivity contribution in [2.24, 2.45) is 0 Å². The maximum absolute atomic E-state index is 13.1. The van der Waals surface area contributed by atoms with Crippen LogP contribution < -0.4 is 4.90 Å². The molecule has 3 rings (SSSR count). The summed E-state index contributed by atoms with van der Waals surface area (Å²) in [6, 6.07) is 1.38. The summed E-state index contributed by atoms with van der Waals surface area (Å²) >= 11 is 0. The van der Waals surface area contributed by atoms with Gasteiger partial charge in [-0.2, -0.15) is 5.10 Å². The van der Waals surface area contributed by atoms with Gasteiger partial charge >= 0.3 is 0 Å². The first-order chi connectivity index (χ1) is 11.4. The van der Waals surface area contributed by atoms with Crippen molar-refractivity contribution >= 4 is 17.5 Å². The molecule has 3 heterocycles. The zero-order chi connectivity index (χ0) is 17.4. The lowest BCUT2D eigenvalue weighted by Crippen LogP contribution is -2.34. The second kappa shape index (κ2) is 6.18. The van der Waals surface area contributed by atoms with Crippen molar-refractivity contribution in [1.82, 2.24) is 20.1 Å². The highest BCUT2D eigenvalue weighted by molar-refractivity contribution is 5.74. The Morgan fingerprint density at radius 1 is 1.46 bits per heavy atom. The van der Waals surface area contributed by atoms with E-state index in [2.05, 4.69) is 15.2 Å². The molecule has 128 valence electrons. The topological polar surface area (TPSA) is 65.1 Å². The molecule has 0 saturated heterocycles. The number of halogens is 2. The Labute approximate surface area is 138 Å². The molecule has 6 nitrogen and oxygen atoms in total. The van der Waals surface area contributed by atoms with Gasteiger partial charge in [0.25, 0.3) is 6.43 Å². The number of aryl methyl sites for hydroxylation is 1. The van der Waals surface area contributed by atoms with Crippen LogP contribution in [-0.2, 0) is 17.8 Å². The van der Waals surface area contributed by atoms with Gasteiger partial charge in [0, 0.05) is 50.0 Å². The summed E-state index contributed by atoms with van der Waals surface area (Å²) in [7, 11) is 1.73. The fourth-order valence-corrected chi connectivity index (χ4v) is 2.88. The monoisotopic (exact) mass is 335 g/mol. The molecule has 1 N–H and O–H groups in total. The summed E-state index contributed by atoms with van der Waals surface area (Å²) in [5.74, 6) is 1.00. The number of rotatable bonds is 3. The molecule has 1 aliphatic rings. The van der Waals surface area contributed by atoms with Crippen LogP contribution in [-0.4, -0.2) is 39.6 Å². The van der Waals surface area contributed by atoms with Gasteiger partial charge in [0.1, 0.15) is 5.82 Å². The Morgan fingerprint density at radius 2 is 2.21 bits per heavy atom. The van der Waals surface area contributed by atoms with Gasteiger partial charge in [0.2, 0.25) is 5.91 Å². The predicted molar refractivity (Wildman–Crippen MR) is 85.4 cm³/mol. The minimum absolute atomic E-state index is 0.00361. The maximum atomic E-state index is 13.1. The summed E-state index contributed by atoms with van der Waals surface area (Å²) in [6.07, 6.45) is -0.422. The van der Waals surface area contributed by atoms with Crippen LogP contribution in [0.15, 0.2) is 12.3 Å². The molecule has 24 heavy (non-hydrogen) atoms. The molecule has 1 amide bonds. The van der Waals surface area contributed by atoms with E-state index in [-0.39, 0.29) is 11.5 Å². The predicted octanol–water partition coefficient (Wildman–Crippen LogP) is 2.72. The highest BCUT2D eigenvalue weighted by Gasteiger charge is 2.26. The van der Waals surface area contributed by atoms with Crippen LogP contribution in [0.25, 0.3) is 0 Å². The quantitative estimate of drug-likeness (QED) is 0.937. The highest BCUT2D eigenvalue weighted by Crippen LogP contribution is 2.32. The van der Waals surface area contributed by atoms with Crippen molar-refractivity contribution in [2.75, 3.05) is 18.5 Å². The third-order valence-electron chi connectivity index (χ3n) is 4.38. The molecule has 0 aliphatic carbocycles. The Bertz CT molecular complexity index is 774. The first kappa shape index (κ1) is 16.4. The Kier molecular flexibility index (Phi) is 4.21. The van der Waals surface area contributed by atoms with Crippen molar-refractivity contribution in [2.45, 2.75) is 33.2 Å². The van der Waals surface area contributed by atoms with E-state index in [4.69, 9.17) is 0 Å². The third-order valence-corrected chi connectivity index (χ3v) is 4.38. The van der Waals surface area contributed by atoms with E-state index in [0.29, 0.717) is 36.7 Å². The SMILES string of the molecule is CC(=O)N1CCc2[nH]nc(N(C)c3cc(C(F)F)c(C)cn3)c2C1. The molecule has 0 radical (unpaired) electrons. The van der Waals surface area contributed by atoms with Gasteiger partial charge in [-0.05, 0) is 18.6 Å². The molecule has 0 spiro atoms. The molecule has 0 saturated carbocycles. The second-order valence-corrected chi connectivity index (χ2v) is 5.95. The van der Waals surface area contributed by atoms with Crippen LogP contribution >= 0.6 is 0 Å². The molecule has 0 aromatic carbocycles. The molecule has 1 aliphatic heterocycles. The van der Waals surface area contributed by atoms with Crippen molar-refractivity contribution in [3.05, 3.63) is 34.6 Å². The first-order valence-corrected chi connectivity index (χ1v) is 7.68. The number of nitrogens with one attached hydrogen (secondary N) is 1. The molecular weight excluding hydrogens is 316 g/mol. The van der Waals surface area contributed by atoms with Gasteiger partial charge in [-0.25, -0.2) is 13.8 Å². The summed E-state index contributed by atoms with van der Waals surface area (Å²) in [5, 5.41) is 7.28. The number of alkyl halides is 2. The number of hydrogen-bond donors (Lipinski definition) is 1. The minimum atomic E-state index is -2.55. The van der Waals surface area contributed by atoms with Crippen LogP contribution in [0.3, 0.4) is 0 Å². The van der Waals surface area contributed by atoms with E-state index in [1.807, 2.05) is 0 Å². The summed E-state index contributed by atoms with van der Waals surface area (Å²) < 4.78 is 26.2. The van der Waals surface area contributed by atoms with Crippen LogP contribution in [0.1, 0.15) is 35.7 Å². The number of hydrogen-bond acceptors (Lipinski definition) is 4. The number of carbonyl (C=O) groups is 1. The minimum Gasteiger partial charge on any atom is -0.338 e. The zero-order valence-electron chi connectivity index (χ0n) is 13.8. The summed E-state index contributed by atoms with van der Waals surface area (Å²) in [5.41, 5.74) is 2.28. The molecule has 0 fully saturated rings. The lowest BCUT2D eigenvalue weighted by Gasteiger charge is -2.27. The van der Waals surface area contributed by atoms with Gasteiger partial charge in [-0.15, -0.1) is 0 Å². The number of anilines is 2. The van der Waals surface area contributed by atoms with E-state index < -0.39 is 6.43 Å². The van der Waals surface area contributed by atoms with Crippen molar-refractivity contribution in [1.29, 1.82) is 0 Å². The van der Waals surface area contributed by atoms with Gasteiger partial charge in [-0.3, -0.25) is 9.89 Å². The zero-order valence-corrected chi connectivity index (χ0v) is 13.8. The smallest absolute Gasteiger partial charge is 0.264 e.